The Morgan fingerprint density at radius 3 is 3.24 bits per heavy atom. The Morgan fingerprint density at radius 1 is 1.47 bits per heavy atom. The first kappa shape index (κ1) is 11.2. The van der Waals surface area contributed by atoms with Crippen molar-refractivity contribution >= 4 is 21.6 Å². The number of hydrogen-bond donors (Lipinski definition) is 1. The van der Waals surface area contributed by atoms with Crippen LogP contribution in [0.1, 0.15) is 29.8 Å². The minimum Gasteiger partial charge on any atom is -0.314 e. The van der Waals surface area contributed by atoms with E-state index in [-0.39, 0.29) is 0 Å². The molecule has 90 valence electrons. The maximum absolute atomic E-state index is 4.50. The summed E-state index contributed by atoms with van der Waals surface area (Å²) >= 11 is 1.80. The SMILES string of the molecule is Cc1nc2ccc(CCC3CCCN3)cc2s1. The molecule has 0 bridgehead atoms. The molecular formula is C14H18N2S. The van der Waals surface area contributed by atoms with E-state index < -0.39 is 0 Å². The van der Waals surface area contributed by atoms with E-state index in [1.165, 1.54) is 42.5 Å². The predicted octanol–water partition coefficient (Wildman–Crippen LogP) is 3.29. The second-order valence-corrected chi connectivity index (χ2v) is 6.10. The molecule has 1 aliphatic heterocycles. The van der Waals surface area contributed by atoms with Crippen molar-refractivity contribution in [1.82, 2.24) is 10.3 Å². The van der Waals surface area contributed by atoms with E-state index in [4.69, 9.17) is 0 Å². The van der Waals surface area contributed by atoms with E-state index in [9.17, 15) is 0 Å². The van der Waals surface area contributed by atoms with Crippen LogP contribution in [0.25, 0.3) is 10.2 Å². The van der Waals surface area contributed by atoms with Crippen molar-refractivity contribution in [1.29, 1.82) is 0 Å². The van der Waals surface area contributed by atoms with E-state index in [2.05, 4.69) is 35.4 Å². The molecule has 1 fully saturated rings. The average molecular weight is 246 g/mol. The molecule has 2 heterocycles. The summed E-state index contributed by atoms with van der Waals surface area (Å²) < 4.78 is 1.33. The molecule has 0 amide bonds. The highest BCUT2D eigenvalue weighted by Gasteiger charge is 2.13. The molecule has 1 aromatic heterocycles. The van der Waals surface area contributed by atoms with Crippen LogP contribution in [0, 0.1) is 6.92 Å². The minimum atomic E-state index is 0.744. The molecule has 0 radical (unpaired) electrons. The van der Waals surface area contributed by atoms with Gasteiger partial charge in [-0.1, -0.05) is 6.07 Å². The van der Waals surface area contributed by atoms with Gasteiger partial charge in [0.25, 0.3) is 0 Å². The molecule has 2 aromatic rings. The van der Waals surface area contributed by atoms with Crippen molar-refractivity contribution in [3.8, 4) is 0 Å². The summed E-state index contributed by atoms with van der Waals surface area (Å²) in [5, 5.41) is 4.72. The van der Waals surface area contributed by atoms with Crippen molar-refractivity contribution in [2.75, 3.05) is 6.54 Å². The quantitative estimate of drug-likeness (QED) is 0.899. The number of nitrogens with zero attached hydrogens (tertiary/aromatic N) is 1. The Balaban J connectivity index is 1.71. The van der Waals surface area contributed by atoms with Crippen LogP contribution in [0.3, 0.4) is 0 Å². The number of aryl methyl sites for hydroxylation is 2. The molecule has 2 nitrogen and oxygen atoms in total. The lowest BCUT2D eigenvalue weighted by molar-refractivity contribution is 0.559. The zero-order chi connectivity index (χ0) is 11.7. The highest BCUT2D eigenvalue weighted by Crippen LogP contribution is 2.23. The number of benzene rings is 1. The monoisotopic (exact) mass is 246 g/mol. The number of nitrogens with one attached hydrogen (secondary N) is 1. The summed E-state index contributed by atoms with van der Waals surface area (Å²) in [7, 11) is 0. The maximum atomic E-state index is 4.50. The fourth-order valence-corrected chi connectivity index (χ4v) is 3.47. The second-order valence-electron chi connectivity index (χ2n) is 4.87. The molecule has 3 rings (SSSR count). The summed E-state index contributed by atoms with van der Waals surface area (Å²) in [5.41, 5.74) is 2.60. The lowest BCUT2D eigenvalue weighted by Crippen LogP contribution is -2.21. The third kappa shape index (κ3) is 2.50. The van der Waals surface area contributed by atoms with Gasteiger partial charge < -0.3 is 5.32 Å². The van der Waals surface area contributed by atoms with Crippen LogP contribution in [0.5, 0.6) is 0 Å². The molecular weight excluding hydrogens is 228 g/mol. The highest BCUT2D eigenvalue weighted by molar-refractivity contribution is 7.18. The maximum Gasteiger partial charge on any atom is 0.0907 e. The Labute approximate surface area is 106 Å². The van der Waals surface area contributed by atoms with Gasteiger partial charge in [0.1, 0.15) is 0 Å². The van der Waals surface area contributed by atoms with Gasteiger partial charge in [0.05, 0.1) is 15.2 Å². The highest BCUT2D eigenvalue weighted by atomic mass is 32.1. The molecule has 1 atom stereocenters. The van der Waals surface area contributed by atoms with Crippen LogP contribution in [-0.4, -0.2) is 17.6 Å². The summed E-state index contributed by atoms with van der Waals surface area (Å²) in [6.07, 6.45) is 5.15. The smallest absolute Gasteiger partial charge is 0.0907 e. The molecule has 0 aliphatic carbocycles. The standard InChI is InChI=1S/C14H18N2S/c1-10-16-13-7-5-11(9-14(13)17-10)4-6-12-3-2-8-15-12/h5,7,9,12,15H,2-4,6,8H2,1H3. The first-order valence-corrected chi connectivity index (χ1v) is 7.22. The molecule has 17 heavy (non-hydrogen) atoms. The summed E-state index contributed by atoms with van der Waals surface area (Å²) in [6.45, 7) is 3.28. The Kier molecular flexibility index (Phi) is 3.12. The van der Waals surface area contributed by atoms with Gasteiger partial charge in [0.15, 0.2) is 0 Å². The average Bonchev–Trinajstić information content (AvgIpc) is 2.92. The van der Waals surface area contributed by atoms with Crippen molar-refractivity contribution in [2.45, 2.75) is 38.6 Å². The first-order chi connectivity index (χ1) is 8.31. The summed E-state index contributed by atoms with van der Waals surface area (Å²) in [4.78, 5) is 4.50. The van der Waals surface area contributed by atoms with E-state index in [1.54, 1.807) is 11.3 Å². The number of thiazole rings is 1. The number of hydrogen-bond acceptors (Lipinski definition) is 3. The lowest BCUT2D eigenvalue weighted by Gasteiger charge is -2.09. The van der Waals surface area contributed by atoms with Gasteiger partial charge in [0, 0.05) is 6.04 Å². The normalized spacial score (nSPS) is 20.2. The van der Waals surface area contributed by atoms with Crippen LogP contribution in [-0.2, 0) is 6.42 Å². The molecule has 1 saturated heterocycles. The number of aromatic nitrogens is 1. The van der Waals surface area contributed by atoms with Crippen LogP contribution in [0.2, 0.25) is 0 Å². The second kappa shape index (κ2) is 4.75. The fourth-order valence-electron chi connectivity index (χ4n) is 2.58. The van der Waals surface area contributed by atoms with E-state index >= 15 is 0 Å². The molecule has 0 saturated carbocycles. The third-order valence-corrected chi connectivity index (χ3v) is 4.44. The molecule has 1 N–H and O–H groups in total. The van der Waals surface area contributed by atoms with Gasteiger partial charge >= 0.3 is 0 Å². The molecule has 1 aliphatic rings. The topological polar surface area (TPSA) is 24.9 Å². The van der Waals surface area contributed by atoms with Gasteiger partial charge in [-0.25, -0.2) is 4.98 Å². The molecule has 0 spiro atoms. The number of fused-ring (bicyclic) bond motifs is 1. The zero-order valence-corrected chi connectivity index (χ0v) is 11.0. The fraction of sp³-hybridized carbons (Fsp3) is 0.500. The van der Waals surface area contributed by atoms with Crippen molar-refractivity contribution in [3.05, 3.63) is 28.8 Å². The van der Waals surface area contributed by atoms with Crippen LogP contribution < -0.4 is 5.32 Å². The largest absolute Gasteiger partial charge is 0.314 e. The zero-order valence-electron chi connectivity index (χ0n) is 10.2. The Morgan fingerprint density at radius 2 is 2.41 bits per heavy atom. The van der Waals surface area contributed by atoms with E-state index in [0.29, 0.717) is 0 Å². The lowest BCUT2D eigenvalue weighted by atomic mass is 10.0. The molecule has 3 heteroatoms. The Hall–Kier alpha value is -0.930. The van der Waals surface area contributed by atoms with Crippen LogP contribution in [0.4, 0.5) is 0 Å². The summed E-state index contributed by atoms with van der Waals surface area (Å²) in [5.74, 6) is 0. The third-order valence-electron chi connectivity index (χ3n) is 3.50. The van der Waals surface area contributed by atoms with Gasteiger partial charge in [-0.3, -0.25) is 0 Å². The predicted molar refractivity (Wildman–Crippen MR) is 73.7 cm³/mol. The first-order valence-electron chi connectivity index (χ1n) is 6.41. The molecule has 1 unspecified atom stereocenters. The minimum absolute atomic E-state index is 0.744. The van der Waals surface area contributed by atoms with Crippen molar-refractivity contribution in [2.24, 2.45) is 0 Å². The van der Waals surface area contributed by atoms with Crippen molar-refractivity contribution in [3.63, 3.8) is 0 Å². The number of rotatable bonds is 3. The molecule has 1 aromatic carbocycles. The van der Waals surface area contributed by atoms with E-state index in [0.717, 1.165) is 16.6 Å². The summed E-state index contributed by atoms with van der Waals surface area (Å²) in [6, 6.07) is 7.45. The van der Waals surface area contributed by atoms with Crippen LogP contribution >= 0.6 is 11.3 Å². The Bertz CT molecular complexity index is 512. The van der Waals surface area contributed by atoms with E-state index in [1.807, 2.05) is 0 Å². The van der Waals surface area contributed by atoms with Crippen molar-refractivity contribution < 1.29 is 0 Å². The van der Waals surface area contributed by atoms with Gasteiger partial charge in [-0.15, -0.1) is 11.3 Å². The van der Waals surface area contributed by atoms with Gasteiger partial charge in [-0.2, -0.15) is 0 Å². The van der Waals surface area contributed by atoms with Gasteiger partial charge in [-0.05, 0) is 56.8 Å². The van der Waals surface area contributed by atoms with Gasteiger partial charge in [0.2, 0.25) is 0 Å². The van der Waals surface area contributed by atoms with Crippen LogP contribution in [0.15, 0.2) is 18.2 Å².